The van der Waals surface area contributed by atoms with Crippen molar-refractivity contribution in [2.24, 2.45) is 0 Å². The molecule has 3 amide bonds. The topological polar surface area (TPSA) is 61.4 Å². The number of rotatable bonds is 4. The Morgan fingerprint density at radius 1 is 1.35 bits per heavy atom. The number of carbonyl (C=O) groups is 2. The molecule has 0 radical (unpaired) electrons. The summed E-state index contributed by atoms with van der Waals surface area (Å²) in [6.45, 7) is 2.68. The van der Waals surface area contributed by atoms with E-state index in [0.717, 1.165) is 0 Å². The van der Waals surface area contributed by atoms with Gasteiger partial charge in [-0.1, -0.05) is 22.5 Å². The number of likely N-dealkylation sites (tertiary alicyclic amines) is 1. The third-order valence-corrected chi connectivity index (χ3v) is 2.99. The summed E-state index contributed by atoms with van der Waals surface area (Å²) in [4.78, 5) is 24.7. The van der Waals surface area contributed by atoms with Crippen LogP contribution in [0, 0.1) is 0 Å². The zero-order chi connectivity index (χ0) is 15.3. The van der Waals surface area contributed by atoms with Gasteiger partial charge in [0.05, 0.1) is 6.54 Å². The van der Waals surface area contributed by atoms with Gasteiger partial charge in [0, 0.05) is 11.0 Å². The van der Waals surface area contributed by atoms with Gasteiger partial charge in [0.15, 0.2) is 0 Å². The highest BCUT2D eigenvalue weighted by Crippen LogP contribution is 2.18. The Hall–Kier alpha value is -1.25. The molecule has 1 saturated heterocycles. The smallest absolute Gasteiger partial charge is 0.345 e. The third-order valence-electron chi connectivity index (χ3n) is 2.71. The second-order valence-corrected chi connectivity index (χ2v) is 5.48. The molecule has 1 atom stereocenters. The average molecular weight is 358 g/mol. The van der Waals surface area contributed by atoms with E-state index in [1.807, 2.05) is 0 Å². The molecule has 114 valence electrons. The summed E-state index contributed by atoms with van der Waals surface area (Å²) >= 11 is 3.07. The predicted octanol–water partition coefficient (Wildman–Crippen LogP) is 1.75. The van der Waals surface area contributed by atoms with Gasteiger partial charge in [-0.2, -0.15) is 13.2 Å². The van der Waals surface area contributed by atoms with Gasteiger partial charge in [0.25, 0.3) is 0 Å². The highest BCUT2D eigenvalue weighted by atomic mass is 79.9. The fourth-order valence-corrected chi connectivity index (χ4v) is 2.00. The van der Waals surface area contributed by atoms with E-state index in [-0.39, 0.29) is 6.54 Å². The summed E-state index contributed by atoms with van der Waals surface area (Å²) in [6.07, 6.45) is -3.53. The first kappa shape index (κ1) is 16.8. The van der Waals surface area contributed by atoms with E-state index in [1.165, 1.54) is 4.90 Å². The van der Waals surface area contributed by atoms with Crippen LogP contribution in [0.25, 0.3) is 0 Å². The van der Waals surface area contributed by atoms with Gasteiger partial charge in [-0.15, -0.1) is 0 Å². The van der Waals surface area contributed by atoms with Crippen LogP contribution in [0.3, 0.4) is 0 Å². The van der Waals surface area contributed by atoms with Crippen LogP contribution in [0.5, 0.6) is 0 Å². The summed E-state index contributed by atoms with van der Waals surface area (Å²) in [7, 11) is 0. The predicted molar refractivity (Wildman–Crippen MR) is 70.3 cm³/mol. The van der Waals surface area contributed by atoms with E-state index in [0.29, 0.717) is 23.9 Å². The summed E-state index contributed by atoms with van der Waals surface area (Å²) in [5.41, 5.74) is 0. The van der Waals surface area contributed by atoms with Gasteiger partial charge >= 0.3 is 12.2 Å². The van der Waals surface area contributed by atoms with E-state index in [2.05, 4.69) is 27.8 Å². The Morgan fingerprint density at radius 2 is 2.00 bits per heavy atom. The summed E-state index contributed by atoms with van der Waals surface area (Å²) in [6, 6.07) is -1.35. The van der Waals surface area contributed by atoms with Crippen molar-refractivity contribution in [2.45, 2.75) is 25.1 Å². The molecule has 5 nitrogen and oxygen atoms in total. The molecule has 0 aliphatic carbocycles. The van der Waals surface area contributed by atoms with Crippen molar-refractivity contribution in [3.8, 4) is 0 Å². The van der Waals surface area contributed by atoms with Gasteiger partial charge in [0.2, 0.25) is 5.91 Å². The molecule has 0 spiro atoms. The lowest BCUT2D eigenvalue weighted by molar-refractivity contribution is -0.140. The van der Waals surface area contributed by atoms with Crippen LogP contribution < -0.4 is 10.6 Å². The first-order valence-electron chi connectivity index (χ1n) is 5.93. The SMILES string of the molecule is C=C(Br)CNC(=O)N1CCCC1C(=O)NCC(F)(F)F. The van der Waals surface area contributed by atoms with Crippen LogP contribution in [0.2, 0.25) is 0 Å². The molecule has 9 heteroatoms. The molecule has 1 aliphatic heterocycles. The first-order valence-corrected chi connectivity index (χ1v) is 6.72. The van der Waals surface area contributed by atoms with Crippen molar-refractivity contribution < 1.29 is 22.8 Å². The third kappa shape index (κ3) is 5.40. The molecular formula is C11H15BrF3N3O2. The number of nitrogens with one attached hydrogen (secondary N) is 2. The number of halogens is 4. The lowest BCUT2D eigenvalue weighted by Crippen LogP contribution is -2.50. The molecule has 0 aromatic carbocycles. The quantitative estimate of drug-likeness (QED) is 0.805. The molecule has 1 rings (SSSR count). The van der Waals surface area contributed by atoms with Crippen LogP contribution in [-0.2, 0) is 4.79 Å². The lowest BCUT2D eigenvalue weighted by atomic mass is 10.2. The molecule has 1 fully saturated rings. The normalized spacial score (nSPS) is 18.8. The Morgan fingerprint density at radius 3 is 2.55 bits per heavy atom. The van der Waals surface area contributed by atoms with E-state index < -0.39 is 30.7 Å². The highest BCUT2D eigenvalue weighted by molar-refractivity contribution is 9.11. The summed E-state index contributed by atoms with van der Waals surface area (Å²) in [5.74, 6) is -0.785. The number of hydrogen-bond donors (Lipinski definition) is 2. The Balaban J connectivity index is 2.53. The zero-order valence-corrected chi connectivity index (χ0v) is 12.2. The maximum Gasteiger partial charge on any atom is 0.405 e. The number of nitrogens with zero attached hydrogens (tertiary/aromatic N) is 1. The van der Waals surface area contributed by atoms with Crippen LogP contribution in [0.1, 0.15) is 12.8 Å². The van der Waals surface area contributed by atoms with E-state index in [4.69, 9.17) is 0 Å². The average Bonchev–Trinajstić information content (AvgIpc) is 2.81. The van der Waals surface area contributed by atoms with Gasteiger partial charge in [0.1, 0.15) is 12.6 Å². The highest BCUT2D eigenvalue weighted by Gasteiger charge is 2.36. The van der Waals surface area contributed by atoms with Crippen molar-refractivity contribution in [1.29, 1.82) is 0 Å². The Bertz CT molecular complexity index is 401. The molecule has 1 unspecified atom stereocenters. The molecule has 2 N–H and O–H groups in total. The van der Waals surface area contributed by atoms with E-state index >= 15 is 0 Å². The molecule has 1 heterocycles. The van der Waals surface area contributed by atoms with Crippen LogP contribution in [0.4, 0.5) is 18.0 Å². The van der Waals surface area contributed by atoms with Crippen LogP contribution in [-0.4, -0.2) is 48.7 Å². The molecule has 0 aromatic heterocycles. The summed E-state index contributed by atoms with van der Waals surface area (Å²) < 4.78 is 36.7. The molecular weight excluding hydrogens is 343 g/mol. The largest absolute Gasteiger partial charge is 0.405 e. The number of carbonyl (C=O) groups excluding carboxylic acids is 2. The minimum Gasteiger partial charge on any atom is -0.345 e. The van der Waals surface area contributed by atoms with Crippen LogP contribution >= 0.6 is 15.9 Å². The monoisotopic (exact) mass is 357 g/mol. The maximum atomic E-state index is 12.0. The van der Waals surface area contributed by atoms with E-state index in [1.54, 1.807) is 5.32 Å². The lowest BCUT2D eigenvalue weighted by Gasteiger charge is -2.24. The van der Waals surface area contributed by atoms with Crippen molar-refractivity contribution >= 4 is 27.9 Å². The molecule has 0 aromatic rings. The van der Waals surface area contributed by atoms with Crippen molar-refractivity contribution in [3.63, 3.8) is 0 Å². The summed E-state index contributed by atoms with van der Waals surface area (Å²) in [5, 5.41) is 4.32. The first-order chi connectivity index (χ1) is 9.20. The Kier molecular flexibility index (Phi) is 5.85. The maximum absolute atomic E-state index is 12.0. The van der Waals surface area contributed by atoms with Crippen molar-refractivity contribution in [1.82, 2.24) is 15.5 Å². The minimum absolute atomic E-state index is 0.187. The fourth-order valence-electron chi connectivity index (χ4n) is 1.86. The molecule has 0 bridgehead atoms. The number of urea groups is 1. The van der Waals surface area contributed by atoms with Gasteiger partial charge < -0.3 is 15.5 Å². The number of alkyl halides is 3. The van der Waals surface area contributed by atoms with Crippen LogP contribution in [0.15, 0.2) is 11.1 Å². The van der Waals surface area contributed by atoms with Gasteiger partial charge in [-0.05, 0) is 12.8 Å². The van der Waals surface area contributed by atoms with E-state index in [9.17, 15) is 22.8 Å². The minimum atomic E-state index is -4.46. The Labute approximate surface area is 122 Å². The second kappa shape index (κ2) is 6.96. The zero-order valence-electron chi connectivity index (χ0n) is 10.6. The van der Waals surface area contributed by atoms with Gasteiger partial charge in [-0.25, -0.2) is 4.79 Å². The number of amides is 3. The standard InChI is InChI=1S/C11H15BrF3N3O2/c1-7(12)5-16-10(20)18-4-2-3-8(18)9(19)17-6-11(13,14)15/h8H,1-6H2,(H,16,20)(H,17,19). The van der Waals surface area contributed by atoms with Gasteiger partial charge in [-0.3, -0.25) is 4.79 Å². The second-order valence-electron chi connectivity index (χ2n) is 4.36. The van der Waals surface area contributed by atoms with Crippen molar-refractivity contribution in [3.05, 3.63) is 11.1 Å². The van der Waals surface area contributed by atoms with Crippen molar-refractivity contribution in [2.75, 3.05) is 19.6 Å². The number of hydrogen-bond acceptors (Lipinski definition) is 2. The molecule has 0 saturated carbocycles. The molecule has 20 heavy (non-hydrogen) atoms. The fraction of sp³-hybridized carbons (Fsp3) is 0.636. The molecule has 1 aliphatic rings.